The molecular formula is C42H68NO10P. The second kappa shape index (κ2) is 36.6. The van der Waals surface area contributed by atoms with Crippen molar-refractivity contribution >= 4 is 25.7 Å². The monoisotopic (exact) mass is 777 g/mol. The van der Waals surface area contributed by atoms with Gasteiger partial charge in [0.05, 0.1) is 13.2 Å². The first-order chi connectivity index (χ1) is 26.1. The van der Waals surface area contributed by atoms with Crippen molar-refractivity contribution in [3.63, 3.8) is 0 Å². The molecule has 306 valence electrons. The van der Waals surface area contributed by atoms with Crippen molar-refractivity contribution in [2.24, 2.45) is 5.73 Å². The predicted octanol–water partition coefficient (Wildman–Crippen LogP) is 9.94. The zero-order chi connectivity index (χ0) is 40.0. The highest BCUT2D eigenvalue weighted by molar-refractivity contribution is 7.47. The van der Waals surface area contributed by atoms with E-state index in [4.69, 9.17) is 24.8 Å². The number of unbranched alkanes of at least 4 members (excludes halogenated alkanes) is 7. The fourth-order valence-corrected chi connectivity index (χ4v) is 5.40. The maximum Gasteiger partial charge on any atom is 0.472 e. The van der Waals surface area contributed by atoms with Gasteiger partial charge in [-0.2, -0.15) is 0 Å². The summed E-state index contributed by atoms with van der Waals surface area (Å²) in [5, 5.41) is 8.86. The van der Waals surface area contributed by atoms with Gasteiger partial charge in [-0.05, 0) is 70.6 Å². The zero-order valence-corrected chi connectivity index (χ0v) is 33.7. The van der Waals surface area contributed by atoms with Crippen molar-refractivity contribution in [2.75, 3.05) is 19.8 Å². The molecule has 0 fully saturated rings. The Morgan fingerprint density at radius 2 is 1.02 bits per heavy atom. The Balaban J connectivity index is 4.52. The van der Waals surface area contributed by atoms with Crippen LogP contribution in [0.2, 0.25) is 0 Å². The van der Waals surface area contributed by atoms with E-state index in [2.05, 4.69) is 85.2 Å². The van der Waals surface area contributed by atoms with E-state index in [1.807, 2.05) is 18.2 Å². The first-order valence-corrected chi connectivity index (χ1v) is 21.1. The molecule has 11 nitrogen and oxygen atoms in total. The molecule has 0 aliphatic carbocycles. The van der Waals surface area contributed by atoms with Crippen LogP contribution in [0.4, 0.5) is 0 Å². The number of aliphatic carboxylic acids is 1. The number of carboxylic acids is 1. The molecule has 0 saturated carbocycles. The number of phosphoric ester groups is 1. The minimum atomic E-state index is -4.74. The van der Waals surface area contributed by atoms with E-state index in [0.29, 0.717) is 12.8 Å². The fourth-order valence-electron chi connectivity index (χ4n) is 4.62. The lowest BCUT2D eigenvalue weighted by Crippen LogP contribution is -2.34. The van der Waals surface area contributed by atoms with Crippen LogP contribution in [-0.2, 0) is 37.5 Å². The first kappa shape index (κ1) is 50.7. The Morgan fingerprint density at radius 3 is 1.54 bits per heavy atom. The fraction of sp³-hybridized carbons (Fsp3) is 0.595. The molecule has 0 radical (unpaired) electrons. The first-order valence-electron chi connectivity index (χ1n) is 19.6. The molecule has 3 atom stereocenters. The van der Waals surface area contributed by atoms with E-state index in [1.165, 1.54) is 12.8 Å². The number of ether oxygens (including phenoxy) is 2. The van der Waals surface area contributed by atoms with E-state index in [-0.39, 0.29) is 19.4 Å². The lowest BCUT2D eigenvalue weighted by atomic mass is 10.1. The summed E-state index contributed by atoms with van der Waals surface area (Å²) in [6.45, 7) is 2.46. The van der Waals surface area contributed by atoms with Crippen molar-refractivity contribution in [1.29, 1.82) is 0 Å². The van der Waals surface area contributed by atoms with E-state index < -0.39 is 51.1 Å². The van der Waals surface area contributed by atoms with Gasteiger partial charge in [-0.3, -0.25) is 23.4 Å². The molecule has 0 aromatic heterocycles. The third-order valence-electron chi connectivity index (χ3n) is 7.65. The van der Waals surface area contributed by atoms with Gasteiger partial charge in [0.2, 0.25) is 0 Å². The zero-order valence-electron chi connectivity index (χ0n) is 32.8. The lowest BCUT2D eigenvalue weighted by molar-refractivity contribution is -0.161. The van der Waals surface area contributed by atoms with Crippen LogP contribution in [-0.4, -0.2) is 59.9 Å². The number of rotatable bonds is 35. The Bertz CT molecular complexity index is 1240. The molecule has 0 aromatic rings. The number of esters is 2. The molecule has 0 heterocycles. The number of allylic oxidation sites excluding steroid dienone is 14. The van der Waals surface area contributed by atoms with Gasteiger partial charge in [-0.1, -0.05) is 131 Å². The third-order valence-corrected chi connectivity index (χ3v) is 8.60. The molecular weight excluding hydrogens is 709 g/mol. The van der Waals surface area contributed by atoms with Gasteiger partial charge >= 0.3 is 25.7 Å². The Morgan fingerprint density at radius 1 is 0.574 bits per heavy atom. The molecule has 0 aliphatic rings. The molecule has 3 unspecified atom stereocenters. The van der Waals surface area contributed by atoms with Crippen LogP contribution in [0.5, 0.6) is 0 Å². The molecule has 0 rings (SSSR count). The smallest absolute Gasteiger partial charge is 0.472 e. The van der Waals surface area contributed by atoms with Gasteiger partial charge in [0.25, 0.3) is 0 Å². The Hall–Kier alpha value is -3.34. The van der Waals surface area contributed by atoms with Gasteiger partial charge in [0, 0.05) is 12.8 Å². The molecule has 0 spiro atoms. The number of carbonyl (C=O) groups is 3. The van der Waals surface area contributed by atoms with E-state index in [0.717, 1.165) is 77.0 Å². The van der Waals surface area contributed by atoms with Crippen LogP contribution in [0.3, 0.4) is 0 Å². The minimum Gasteiger partial charge on any atom is -0.480 e. The predicted molar refractivity (Wildman–Crippen MR) is 217 cm³/mol. The minimum absolute atomic E-state index is 0.0329. The third kappa shape index (κ3) is 35.7. The maximum atomic E-state index is 12.5. The number of carboxylic acid groups (broad SMARTS) is 1. The quantitative estimate of drug-likeness (QED) is 0.0242. The average Bonchev–Trinajstić information content (AvgIpc) is 3.14. The number of phosphoric acid groups is 1. The highest BCUT2D eigenvalue weighted by Crippen LogP contribution is 2.43. The van der Waals surface area contributed by atoms with Crippen LogP contribution >= 0.6 is 7.82 Å². The van der Waals surface area contributed by atoms with E-state index in [9.17, 15) is 23.8 Å². The molecule has 4 N–H and O–H groups in total. The summed E-state index contributed by atoms with van der Waals surface area (Å²) >= 11 is 0. The normalized spacial score (nSPS) is 14.7. The SMILES string of the molecule is CC/C=C\C/C=C\C/C=C\C/C=C\CCC(=O)OC(COC(=O)CCCCCCCCC/C=C\C/C=C\C/C=C\CC)COP(=O)(O)OCC(N)C(=O)O. The van der Waals surface area contributed by atoms with Crippen LogP contribution in [0.1, 0.15) is 129 Å². The van der Waals surface area contributed by atoms with Gasteiger partial charge in [0.15, 0.2) is 6.10 Å². The number of nitrogens with two attached hydrogens (primary N) is 1. The molecule has 54 heavy (non-hydrogen) atoms. The maximum absolute atomic E-state index is 12.5. The standard InChI is InChI=1S/C42H68NO10P/c1-3-5-7-9-11-13-15-17-18-19-20-22-23-25-27-29-31-33-40(44)50-35-38(36-51-54(48,49)52-37-39(43)42(46)47)53-41(45)34-32-30-28-26-24-21-16-14-12-10-8-6-4-2/h5-8,11-14,17-18,21,24,28,30,38-39H,3-4,9-10,15-16,19-20,22-23,25-27,29,31-37,43H2,1-2H3,(H,46,47)(H,48,49)/b7-5-,8-6-,13-11-,14-12-,18-17-,24-21-,30-28-. The van der Waals surface area contributed by atoms with Crippen LogP contribution in [0.15, 0.2) is 85.1 Å². The van der Waals surface area contributed by atoms with Crippen molar-refractivity contribution < 1.29 is 47.5 Å². The van der Waals surface area contributed by atoms with Crippen molar-refractivity contribution in [1.82, 2.24) is 0 Å². The molecule has 0 aliphatic heterocycles. The van der Waals surface area contributed by atoms with Crippen LogP contribution in [0, 0.1) is 0 Å². The van der Waals surface area contributed by atoms with Crippen molar-refractivity contribution in [2.45, 2.75) is 142 Å². The summed E-state index contributed by atoms with van der Waals surface area (Å²) in [7, 11) is -4.74. The second-order valence-electron chi connectivity index (χ2n) is 12.6. The molecule has 0 amide bonds. The highest BCUT2D eigenvalue weighted by Gasteiger charge is 2.28. The summed E-state index contributed by atoms with van der Waals surface area (Å²) in [4.78, 5) is 45.8. The summed E-state index contributed by atoms with van der Waals surface area (Å²) in [5.41, 5.74) is 5.31. The molecule has 0 saturated heterocycles. The molecule has 0 bridgehead atoms. The number of hydrogen-bond acceptors (Lipinski definition) is 9. The molecule has 12 heteroatoms. The topological polar surface area (TPSA) is 172 Å². The summed E-state index contributed by atoms with van der Waals surface area (Å²) < 4.78 is 32.5. The second-order valence-corrected chi connectivity index (χ2v) is 14.1. The van der Waals surface area contributed by atoms with E-state index >= 15 is 0 Å². The summed E-state index contributed by atoms with van der Waals surface area (Å²) in [6.07, 6.45) is 43.9. The van der Waals surface area contributed by atoms with Gasteiger partial charge in [-0.25, -0.2) is 4.57 Å². The van der Waals surface area contributed by atoms with Crippen LogP contribution in [0.25, 0.3) is 0 Å². The largest absolute Gasteiger partial charge is 0.480 e. The lowest BCUT2D eigenvalue weighted by Gasteiger charge is -2.20. The van der Waals surface area contributed by atoms with Crippen molar-refractivity contribution in [3.05, 3.63) is 85.1 Å². The highest BCUT2D eigenvalue weighted by atomic mass is 31.2. The van der Waals surface area contributed by atoms with Crippen molar-refractivity contribution in [3.8, 4) is 0 Å². The van der Waals surface area contributed by atoms with Gasteiger partial charge < -0.3 is 25.2 Å². The van der Waals surface area contributed by atoms with Crippen LogP contribution < -0.4 is 5.73 Å². The average molecular weight is 778 g/mol. The Kier molecular flexibility index (Phi) is 34.4. The van der Waals surface area contributed by atoms with Gasteiger partial charge in [-0.15, -0.1) is 0 Å². The molecule has 0 aromatic carbocycles. The summed E-state index contributed by atoms with van der Waals surface area (Å²) in [5.74, 6) is -2.51. The Labute approximate surface area is 324 Å². The number of hydrogen-bond donors (Lipinski definition) is 3. The summed E-state index contributed by atoms with van der Waals surface area (Å²) in [6, 6.07) is -1.54. The van der Waals surface area contributed by atoms with Gasteiger partial charge in [0.1, 0.15) is 12.6 Å². The van der Waals surface area contributed by atoms with E-state index in [1.54, 1.807) is 0 Å². The number of carbonyl (C=O) groups excluding carboxylic acids is 2.